The molecule has 2 rings (SSSR count). The molecule has 5 heteroatoms. The lowest BCUT2D eigenvalue weighted by molar-refractivity contribution is 0.303. The van der Waals surface area contributed by atoms with Gasteiger partial charge in [-0.3, -0.25) is 4.99 Å². The molecule has 0 radical (unpaired) electrons. The summed E-state index contributed by atoms with van der Waals surface area (Å²) in [6.45, 7) is 5.43. The predicted octanol–water partition coefficient (Wildman–Crippen LogP) is 2.81. The van der Waals surface area contributed by atoms with Gasteiger partial charge in [0.15, 0.2) is 5.96 Å². The van der Waals surface area contributed by atoms with E-state index in [1.54, 1.807) is 18.2 Å². The van der Waals surface area contributed by atoms with Gasteiger partial charge in [0.25, 0.3) is 0 Å². The van der Waals surface area contributed by atoms with Crippen LogP contribution >= 0.6 is 11.6 Å². The minimum Gasteiger partial charge on any atom is -0.370 e. The lowest BCUT2D eigenvalue weighted by Crippen LogP contribution is -2.38. The van der Waals surface area contributed by atoms with Crippen LogP contribution < -0.4 is 5.73 Å². The number of hydrogen-bond donors (Lipinski definition) is 1. The Morgan fingerprint density at radius 1 is 1.56 bits per heavy atom. The van der Waals surface area contributed by atoms with Crippen LogP contribution in [0.2, 0.25) is 5.02 Å². The maximum Gasteiger partial charge on any atom is 0.191 e. The van der Waals surface area contributed by atoms with Crippen molar-refractivity contribution in [3.8, 4) is 0 Å². The van der Waals surface area contributed by atoms with Gasteiger partial charge in [-0.25, -0.2) is 4.39 Å². The Balaban J connectivity index is 2.30. The van der Waals surface area contributed by atoms with Gasteiger partial charge in [-0.2, -0.15) is 0 Å². The Morgan fingerprint density at radius 3 is 2.94 bits per heavy atom. The highest BCUT2D eigenvalue weighted by Gasteiger charge is 2.30. The van der Waals surface area contributed by atoms with Crippen molar-refractivity contribution in [1.82, 2.24) is 4.90 Å². The van der Waals surface area contributed by atoms with E-state index in [4.69, 9.17) is 17.3 Å². The fourth-order valence-electron chi connectivity index (χ4n) is 2.19. The highest BCUT2D eigenvalue weighted by Crippen LogP contribution is 2.30. The summed E-state index contributed by atoms with van der Waals surface area (Å²) in [5.41, 5.74) is 6.43. The Hall–Kier alpha value is -1.29. The summed E-state index contributed by atoms with van der Waals surface area (Å²) in [4.78, 5) is 6.15. The summed E-state index contributed by atoms with van der Waals surface area (Å²) >= 11 is 5.82. The van der Waals surface area contributed by atoms with Crippen molar-refractivity contribution in [2.75, 3.05) is 13.1 Å². The van der Waals surface area contributed by atoms with E-state index in [2.05, 4.69) is 18.8 Å². The summed E-state index contributed by atoms with van der Waals surface area (Å²) in [7, 11) is 0. The number of aliphatic imine (C=N–C) groups is 1. The van der Waals surface area contributed by atoms with E-state index in [1.807, 2.05) is 4.90 Å². The Bertz CT molecular complexity index is 473. The van der Waals surface area contributed by atoms with Crippen LogP contribution in [0.15, 0.2) is 23.2 Å². The van der Waals surface area contributed by atoms with Crippen molar-refractivity contribution in [3.63, 3.8) is 0 Å². The molecule has 0 fully saturated rings. The molecule has 98 valence electrons. The standard InChI is InChI=1S/C13H17ClFN3/c1-8(2)7-18-11(6-17-13(18)16)9-4-3-5-10(14)12(9)15/h3-5,8,11H,6-7H2,1-2H3,(H2,16,17). The summed E-state index contributed by atoms with van der Waals surface area (Å²) in [6.07, 6.45) is 0. The molecule has 2 N–H and O–H groups in total. The molecule has 3 nitrogen and oxygen atoms in total. The molecule has 0 aromatic heterocycles. The largest absolute Gasteiger partial charge is 0.370 e. The third kappa shape index (κ3) is 2.43. The second-order valence-corrected chi connectivity index (χ2v) is 5.31. The zero-order valence-corrected chi connectivity index (χ0v) is 11.3. The van der Waals surface area contributed by atoms with Crippen molar-refractivity contribution in [2.45, 2.75) is 19.9 Å². The van der Waals surface area contributed by atoms with Gasteiger partial charge in [-0.05, 0) is 12.0 Å². The van der Waals surface area contributed by atoms with Crippen LogP contribution in [0.25, 0.3) is 0 Å². The molecule has 0 aliphatic carbocycles. The monoisotopic (exact) mass is 269 g/mol. The van der Waals surface area contributed by atoms with Crippen LogP contribution in [0, 0.1) is 11.7 Å². The minimum atomic E-state index is -0.372. The summed E-state index contributed by atoms with van der Waals surface area (Å²) in [5, 5.41) is 0.141. The lowest BCUT2D eigenvalue weighted by Gasteiger charge is -2.28. The first-order valence-corrected chi connectivity index (χ1v) is 6.39. The second-order valence-electron chi connectivity index (χ2n) is 4.90. The first kappa shape index (κ1) is 13.1. The number of nitrogens with zero attached hydrogens (tertiary/aromatic N) is 2. The Labute approximate surface area is 111 Å². The molecule has 0 saturated heterocycles. The summed E-state index contributed by atoms with van der Waals surface area (Å²) in [6, 6.07) is 4.90. The number of guanidine groups is 1. The zero-order chi connectivity index (χ0) is 13.3. The third-order valence-corrected chi connectivity index (χ3v) is 3.29. The smallest absolute Gasteiger partial charge is 0.191 e. The number of rotatable bonds is 3. The average molecular weight is 270 g/mol. The molecule has 0 bridgehead atoms. The van der Waals surface area contributed by atoms with Crippen LogP contribution in [0.3, 0.4) is 0 Å². The number of benzene rings is 1. The molecule has 0 saturated carbocycles. The fourth-order valence-corrected chi connectivity index (χ4v) is 2.37. The van der Waals surface area contributed by atoms with E-state index < -0.39 is 0 Å². The molecule has 1 aromatic carbocycles. The number of halogens is 2. The molecular weight excluding hydrogens is 253 g/mol. The van der Waals surface area contributed by atoms with Gasteiger partial charge in [-0.1, -0.05) is 37.6 Å². The lowest BCUT2D eigenvalue weighted by atomic mass is 10.0. The topological polar surface area (TPSA) is 41.6 Å². The molecule has 1 unspecified atom stereocenters. The minimum absolute atomic E-state index is 0.141. The molecule has 1 heterocycles. The summed E-state index contributed by atoms with van der Waals surface area (Å²) < 4.78 is 14.0. The fraction of sp³-hybridized carbons (Fsp3) is 0.462. The predicted molar refractivity (Wildman–Crippen MR) is 72.2 cm³/mol. The van der Waals surface area contributed by atoms with Gasteiger partial charge >= 0.3 is 0 Å². The van der Waals surface area contributed by atoms with E-state index in [0.717, 1.165) is 6.54 Å². The molecular formula is C13H17ClFN3. The van der Waals surface area contributed by atoms with Crippen LogP contribution in [0.4, 0.5) is 4.39 Å². The average Bonchev–Trinajstić information content (AvgIpc) is 2.64. The van der Waals surface area contributed by atoms with Crippen molar-refractivity contribution in [3.05, 3.63) is 34.6 Å². The van der Waals surface area contributed by atoms with Crippen LogP contribution in [-0.2, 0) is 0 Å². The van der Waals surface area contributed by atoms with Crippen LogP contribution in [-0.4, -0.2) is 23.9 Å². The molecule has 1 atom stereocenters. The Kier molecular flexibility index (Phi) is 3.76. The van der Waals surface area contributed by atoms with Gasteiger partial charge in [0.1, 0.15) is 5.82 Å². The maximum absolute atomic E-state index is 14.0. The Morgan fingerprint density at radius 2 is 2.28 bits per heavy atom. The molecule has 1 aromatic rings. The van der Waals surface area contributed by atoms with Gasteiger partial charge in [0.05, 0.1) is 17.6 Å². The van der Waals surface area contributed by atoms with E-state index in [0.29, 0.717) is 24.0 Å². The number of nitrogens with two attached hydrogens (primary N) is 1. The summed E-state index contributed by atoms with van der Waals surface area (Å²) in [5.74, 6) is 0.539. The first-order chi connectivity index (χ1) is 8.50. The molecule has 0 amide bonds. The normalized spacial score (nSPS) is 19.5. The van der Waals surface area contributed by atoms with Crippen molar-refractivity contribution >= 4 is 17.6 Å². The van der Waals surface area contributed by atoms with Gasteiger partial charge in [-0.15, -0.1) is 0 Å². The van der Waals surface area contributed by atoms with Gasteiger partial charge < -0.3 is 10.6 Å². The maximum atomic E-state index is 14.0. The van der Waals surface area contributed by atoms with Crippen molar-refractivity contribution in [2.24, 2.45) is 16.6 Å². The molecule has 0 spiro atoms. The third-order valence-electron chi connectivity index (χ3n) is 3.00. The van der Waals surface area contributed by atoms with Crippen LogP contribution in [0.5, 0.6) is 0 Å². The van der Waals surface area contributed by atoms with Crippen molar-refractivity contribution in [1.29, 1.82) is 0 Å². The van der Waals surface area contributed by atoms with Gasteiger partial charge in [0, 0.05) is 12.1 Å². The van der Waals surface area contributed by atoms with E-state index in [1.165, 1.54) is 0 Å². The molecule has 1 aliphatic rings. The van der Waals surface area contributed by atoms with Crippen molar-refractivity contribution < 1.29 is 4.39 Å². The van der Waals surface area contributed by atoms with Gasteiger partial charge in [0.2, 0.25) is 0 Å². The highest BCUT2D eigenvalue weighted by atomic mass is 35.5. The van der Waals surface area contributed by atoms with E-state index >= 15 is 0 Å². The second kappa shape index (κ2) is 5.14. The first-order valence-electron chi connectivity index (χ1n) is 6.01. The molecule has 18 heavy (non-hydrogen) atoms. The SMILES string of the molecule is CC(C)CN1C(N)=NCC1c1cccc(Cl)c1F. The quantitative estimate of drug-likeness (QED) is 0.917. The highest BCUT2D eigenvalue weighted by molar-refractivity contribution is 6.30. The van der Waals surface area contributed by atoms with Crippen LogP contribution in [0.1, 0.15) is 25.5 Å². The van der Waals surface area contributed by atoms with E-state index in [9.17, 15) is 4.39 Å². The number of hydrogen-bond acceptors (Lipinski definition) is 3. The van der Waals surface area contributed by atoms with E-state index in [-0.39, 0.29) is 16.9 Å². The molecule has 1 aliphatic heterocycles. The zero-order valence-electron chi connectivity index (χ0n) is 10.5.